The van der Waals surface area contributed by atoms with Crippen molar-refractivity contribution in [2.45, 2.75) is 19.4 Å². The van der Waals surface area contributed by atoms with E-state index in [-0.39, 0.29) is 6.10 Å². The summed E-state index contributed by atoms with van der Waals surface area (Å²) in [5.41, 5.74) is 1.18. The second-order valence-electron chi connectivity index (χ2n) is 6.16. The highest BCUT2D eigenvalue weighted by atomic mass is 31.2. The van der Waals surface area contributed by atoms with E-state index >= 15 is 0 Å². The van der Waals surface area contributed by atoms with Gasteiger partial charge in [-0.15, -0.1) is 0 Å². The van der Waals surface area contributed by atoms with Crippen LogP contribution in [0.25, 0.3) is 0 Å². The smallest absolute Gasteiger partial charge is 0.0552 e. The van der Waals surface area contributed by atoms with Crippen LogP contribution in [-0.4, -0.2) is 17.5 Å². The van der Waals surface area contributed by atoms with Crippen molar-refractivity contribution >= 4 is 29.1 Å². The minimum absolute atomic E-state index is 0.369. The molecule has 0 bridgehead atoms. The molecule has 0 saturated carbocycles. The highest BCUT2D eigenvalue weighted by Gasteiger charge is 2.24. The zero-order chi connectivity index (χ0) is 17.0. The standard InChI is InChI=1S/C22H23OP/c1-18(23)17-19-11-9-10-16-22(19)24(2,20-12-5-3-6-13-20)21-14-7-4-8-15-21/h3-16,18,23H,2,17H2,1H3. The molecule has 122 valence electrons. The van der Waals surface area contributed by atoms with Crippen LogP contribution in [0.5, 0.6) is 0 Å². The summed E-state index contributed by atoms with van der Waals surface area (Å²) >= 11 is 0. The van der Waals surface area contributed by atoms with E-state index < -0.39 is 6.89 Å². The Labute approximate surface area is 144 Å². The molecule has 3 aromatic carbocycles. The van der Waals surface area contributed by atoms with E-state index in [1.165, 1.54) is 21.5 Å². The first-order chi connectivity index (χ1) is 11.6. The van der Waals surface area contributed by atoms with E-state index in [9.17, 15) is 5.11 Å². The third-order valence-electron chi connectivity index (χ3n) is 4.31. The average molecular weight is 334 g/mol. The summed E-state index contributed by atoms with van der Waals surface area (Å²) in [4.78, 5) is 0. The molecule has 1 atom stereocenters. The molecule has 0 fully saturated rings. The van der Waals surface area contributed by atoms with E-state index in [4.69, 9.17) is 6.30 Å². The van der Waals surface area contributed by atoms with Crippen LogP contribution in [0.3, 0.4) is 0 Å². The van der Waals surface area contributed by atoms with Gasteiger partial charge in [0.15, 0.2) is 0 Å². The third-order valence-corrected chi connectivity index (χ3v) is 7.93. The van der Waals surface area contributed by atoms with Crippen molar-refractivity contribution < 1.29 is 5.11 Å². The fourth-order valence-corrected chi connectivity index (χ4v) is 6.38. The Morgan fingerprint density at radius 1 is 0.792 bits per heavy atom. The minimum atomic E-state index is -1.98. The Hall–Kier alpha value is -2.08. The number of rotatable bonds is 5. The molecule has 0 aromatic heterocycles. The van der Waals surface area contributed by atoms with Crippen LogP contribution in [0, 0.1) is 0 Å². The molecule has 0 aliphatic rings. The van der Waals surface area contributed by atoms with Gasteiger partial charge in [0, 0.05) is 0 Å². The molecule has 1 unspecified atom stereocenters. The van der Waals surface area contributed by atoms with Crippen LogP contribution in [0.2, 0.25) is 0 Å². The fourth-order valence-electron chi connectivity index (χ4n) is 3.17. The molecule has 0 aliphatic carbocycles. The first-order valence-corrected chi connectivity index (χ1v) is 10.2. The summed E-state index contributed by atoms with van der Waals surface area (Å²) in [6.07, 6.45) is 5.05. The summed E-state index contributed by atoms with van der Waals surface area (Å²) in [5.74, 6) is 0. The van der Waals surface area contributed by atoms with Gasteiger partial charge in [-0.25, -0.2) is 0 Å². The van der Waals surface area contributed by atoms with Gasteiger partial charge >= 0.3 is 0 Å². The number of hydrogen-bond donors (Lipinski definition) is 1. The Morgan fingerprint density at radius 2 is 1.25 bits per heavy atom. The monoisotopic (exact) mass is 334 g/mol. The van der Waals surface area contributed by atoms with Gasteiger partial charge < -0.3 is 5.11 Å². The molecule has 1 nitrogen and oxygen atoms in total. The average Bonchev–Trinajstić information content (AvgIpc) is 2.62. The van der Waals surface area contributed by atoms with Crippen molar-refractivity contribution in [3.8, 4) is 0 Å². The summed E-state index contributed by atoms with van der Waals surface area (Å²) in [5, 5.41) is 13.7. The van der Waals surface area contributed by atoms with Gasteiger partial charge in [0.1, 0.15) is 0 Å². The first-order valence-electron chi connectivity index (χ1n) is 8.23. The highest BCUT2D eigenvalue weighted by Crippen LogP contribution is 2.42. The Morgan fingerprint density at radius 3 is 1.75 bits per heavy atom. The molecule has 1 N–H and O–H groups in total. The van der Waals surface area contributed by atoms with Gasteiger partial charge in [-0.05, 0) is 41.7 Å². The zero-order valence-corrected chi connectivity index (χ0v) is 14.9. The quantitative estimate of drug-likeness (QED) is 0.710. The van der Waals surface area contributed by atoms with E-state index in [0.717, 1.165) is 0 Å². The molecule has 0 amide bonds. The van der Waals surface area contributed by atoms with Crippen molar-refractivity contribution in [2.75, 3.05) is 0 Å². The molecule has 0 saturated heterocycles. The topological polar surface area (TPSA) is 20.2 Å². The molecular formula is C22H23OP. The van der Waals surface area contributed by atoms with Crippen molar-refractivity contribution in [2.24, 2.45) is 0 Å². The van der Waals surface area contributed by atoms with Gasteiger partial charge in [-0.1, -0.05) is 91.2 Å². The number of aliphatic hydroxyl groups excluding tert-OH is 1. The van der Waals surface area contributed by atoms with Gasteiger partial charge in [-0.3, -0.25) is 0 Å². The van der Waals surface area contributed by atoms with Crippen LogP contribution in [0.4, 0.5) is 0 Å². The van der Waals surface area contributed by atoms with Crippen LogP contribution < -0.4 is 15.9 Å². The summed E-state index contributed by atoms with van der Waals surface area (Å²) in [6, 6.07) is 29.5. The van der Waals surface area contributed by atoms with Gasteiger partial charge in [-0.2, -0.15) is 0 Å². The normalized spacial score (nSPS) is 12.8. The first kappa shape index (κ1) is 16.8. The maximum atomic E-state index is 9.93. The van der Waals surface area contributed by atoms with E-state index in [2.05, 4.69) is 66.7 Å². The second-order valence-corrected chi connectivity index (χ2v) is 9.30. The maximum absolute atomic E-state index is 9.93. The van der Waals surface area contributed by atoms with Gasteiger partial charge in [0.2, 0.25) is 0 Å². The fraction of sp³-hybridized carbons (Fsp3) is 0.136. The predicted molar refractivity (Wildman–Crippen MR) is 108 cm³/mol. The third kappa shape index (κ3) is 3.24. The molecule has 2 heteroatoms. The molecule has 0 heterocycles. The molecule has 24 heavy (non-hydrogen) atoms. The van der Waals surface area contributed by atoms with Gasteiger partial charge in [0.05, 0.1) is 6.10 Å². The zero-order valence-electron chi connectivity index (χ0n) is 14.0. The van der Waals surface area contributed by atoms with Crippen LogP contribution in [-0.2, 0) is 6.42 Å². The minimum Gasteiger partial charge on any atom is -0.393 e. The summed E-state index contributed by atoms with van der Waals surface area (Å²) in [7, 11) is 0. The number of aliphatic hydroxyl groups is 1. The van der Waals surface area contributed by atoms with Crippen LogP contribution in [0.15, 0.2) is 84.9 Å². The Bertz CT molecular complexity index is 795. The van der Waals surface area contributed by atoms with Gasteiger partial charge in [0.25, 0.3) is 0 Å². The van der Waals surface area contributed by atoms with Crippen LogP contribution in [0.1, 0.15) is 12.5 Å². The highest BCUT2D eigenvalue weighted by molar-refractivity contribution is 7.93. The van der Waals surface area contributed by atoms with Crippen molar-refractivity contribution in [3.63, 3.8) is 0 Å². The van der Waals surface area contributed by atoms with Crippen molar-refractivity contribution in [1.82, 2.24) is 0 Å². The largest absolute Gasteiger partial charge is 0.393 e. The molecule has 0 aliphatic heterocycles. The molecule has 0 radical (unpaired) electrons. The van der Waals surface area contributed by atoms with E-state index in [1.807, 2.05) is 25.1 Å². The maximum Gasteiger partial charge on any atom is 0.0552 e. The number of hydrogen-bond acceptors (Lipinski definition) is 1. The Kier molecular flexibility index (Phi) is 5.04. The summed E-state index contributed by atoms with van der Waals surface area (Å²) in [6.45, 7) is -0.143. The van der Waals surface area contributed by atoms with Crippen molar-refractivity contribution in [3.05, 3.63) is 90.5 Å². The molecule has 3 aromatic rings. The lowest BCUT2D eigenvalue weighted by Crippen LogP contribution is -2.28. The lowest BCUT2D eigenvalue weighted by molar-refractivity contribution is 0.196. The lowest BCUT2D eigenvalue weighted by atomic mass is 10.1. The predicted octanol–water partition coefficient (Wildman–Crippen LogP) is 3.34. The number of benzene rings is 3. The SMILES string of the molecule is C=P(c1ccccc1)(c1ccccc1)c1ccccc1CC(C)O. The van der Waals surface area contributed by atoms with E-state index in [0.29, 0.717) is 6.42 Å². The van der Waals surface area contributed by atoms with Crippen molar-refractivity contribution in [1.29, 1.82) is 0 Å². The Balaban J connectivity index is 2.27. The second kappa shape index (κ2) is 7.21. The lowest BCUT2D eigenvalue weighted by Gasteiger charge is -2.29. The molecule has 0 spiro atoms. The molecule has 3 rings (SSSR count). The molecular weight excluding hydrogens is 311 g/mol. The van der Waals surface area contributed by atoms with Crippen LogP contribution >= 0.6 is 6.89 Å². The summed E-state index contributed by atoms with van der Waals surface area (Å²) < 4.78 is 0. The van der Waals surface area contributed by atoms with E-state index in [1.54, 1.807) is 0 Å².